The number of aliphatic hydroxyl groups is 1. The second kappa shape index (κ2) is 3.30. The minimum absolute atomic E-state index is 0.114. The van der Waals surface area contributed by atoms with Crippen LogP contribution in [0.2, 0.25) is 0 Å². The highest BCUT2D eigenvalue weighted by Crippen LogP contribution is 2.26. The fraction of sp³-hybridized carbons (Fsp3) is 1.00. The first kappa shape index (κ1) is 8.44. The lowest BCUT2D eigenvalue weighted by molar-refractivity contribution is -0.0889. The molecule has 4 nitrogen and oxygen atoms in total. The Morgan fingerprint density at radius 2 is 2.17 bits per heavy atom. The Bertz CT molecular complexity index is 156. The first-order valence-electron chi connectivity index (χ1n) is 4.45. The molecule has 0 radical (unpaired) electrons. The lowest BCUT2D eigenvalue weighted by Crippen LogP contribution is -2.48. The lowest BCUT2D eigenvalue weighted by atomic mass is 10.0. The van der Waals surface area contributed by atoms with E-state index < -0.39 is 0 Å². The average molecular weight is 173 g/mol. The van der Waals surface area contributed by atoms with Gasteiger partial charge in [-0.2, -0.15) is 0 Å². The van der Waals surface area contributed by atoms with Crippen LogP contribution in [0.5, 0.6) is 0 Å². The highest BCUT2D eigenvalue weighted by molar-refractivity contribution is 4.90. The topological polar surface area (TPSA) is 50.7 Å². The summed E-state index contributed by atoms with van der Waals surface area (Å²) in [5.41, 5.74) is -0.189. The van der Waals surface area contributed by atoms with Crippen molar-refractivity contribution in [3.8, 4) is 0 Å². The van der Waals surface area contributed by atoms with Crippen molar-refractivity contribution in [2.24, 2.45) is 0 Å². The maximum atomic E-state index is 8.91. The third-order valence-electron chi connectivity index (χ3n) is 2.55. The van der Waals surface area contributed by atoms with Gasteiger partial charge in [0.25, 0.3) is 0 Å². The van der Waals surface area contributed by atoms with Gasteiger partial charge in [0.05, 0.1) is 32.5 Å². The zero-order chi connectivity index (χ0) is 8.44. The predicted molar refractivity (Wildman–Crippen MR) is 42.7 cm³/mol. The van der Waals surface area contributed by atoms with Crippen LogP contribution in [0.25, 0.3) is 0 Å². The molecule has 70 valence electrons. The molecule has 12 heavy (non-hydrogen) atoms. The van der Waals surface area contributed by atoms with Crippen LogP contribution in [-0.2, 0) is 9.47 Å². The van der Waals surface area contributed by atoms with Crippen molar-refractivity contribution in [3.05, 3.63) is 0 Å². The van der Waals surface area contributed by atoms with E-state index in [2.05, 4.69) is 5.32 Å². The molecule has 2 N–H and O–H groups in total. The van der Waals surface area contributed by atoms with Crippen molar-refractivity contribution < 1.29 is 14.6 Å². The number of nitrogens with one attached hydrogen (secondary N) is 1. The first-order valence-corrected chi connectivity index (χ1v) is 4.45. The van der Waals surface area contributed by atoms with E-state index in [4.69, 9.17) is 14.6 Å². The van der Waals surface area contributed by atoms with Crippen LogP contribution in [0.3, 0.4) is 0 Å². The summed E-state index contributed by atoms with van der Waals surface area (Å²) >= 11 is 0. The summed E-state index contributed by atoms with van der Waals surface area (Å²) in [4.78, 5) is 0. The van der Waals surface area contributed by atoms with Crippen LogP contribution in [-0.4, -0.2) is 43.3 Å². The second-order valence-corrected chi connectivity index (χ2v) is 3.44. The van der Waals surface area contributed by atoms with Gasteiger partial charge in [0.15, 0.2) is 0 Å². The molecule has 2 saturated heterocycles. The van der Waals surface area contributed by atoms with Crippen LogP contribution < -0.4 is 5.32 Å². The summed E-state index contributed by atoms with van der Waals surface area (Å²) in [7, 11) is 0. The van der Waals surface area contributed by atoms with Gasteiger partial charge in [-0.1, -0.05) is 0 Å². The molecule has 0 amide bonds. The lowest BCUT2D eigenvalue weighted by Gasteiger charge is -2.32. The molecule has 0 saturated carbocycles. The quantitative estimate of drug-likeness (QED) is 0.560. The van der Waals surface area contributed by atoms with Gasteiger partial charge >= 0.3 is 0 Å². The summed E-state index contributed by atoms with van der Waals surface area (Å²) in [6.07, 6.45) is 1.78. The van der Waals surface area contributed by atoms with Gasteiger partial charge in [0, 0.05) is 12.8 Å². The number of hydrogen-bond acceptors (Lipinski definition) is 4. The van der Waals surface area contributed by atoms with Crippen molar-refractivity contribution in [2.45, 2.75) is 24.6 Å². The molecular weight excluding hydrogens is 158 g/mol. The molecular formula is C8H15NO3. The molecule has 2 rings (SSSR count). The minimum atomic E-state index is -0.189. The molecule has 0 aromatic heterocycles. The average Bonchev–Trinajstić information content (AvgIpc) is 2.50. The number of ether oxygens (including phenoxy) is 2. The van der Waals surface area contributed by atoms with Crippen LogP contribution in [0, 0.1) is 0 Å². The fourth-order valence-corrected chi connectivity index (χ4v) is 1.80. The third-order valence-corrected chi connectivity index (χ3v) is 2.55. The van der Waals surface area contributed by atoms with E-state index in [1.165, 1.54) is 0 Å². The Hall–Kier alpha value is -0.160. The molecule has 0 aromatic rings. The minimum Gasteiger partial charge on any atom is -0.395 e. The molecule has 2 fully saturated rings. The van der Waals surface area contributed by atoms with Crippen molar-refractivity contribution in [3.63, 3.8) is 0 Å². The van der Waals surface area contributed by atoms with Gasteiger partial charge in [-0.3, -0.25) is 5.32 Å². The highest BCUT2D eigenvalue weighted by Gasteiger charge is 2.40. The molecule has 0 aromatic carbocycles. The van der Waals surface area contributed by atoms with Crippen LogP contribution in [0.15, 0.2) is 0 Å². The van der Waals surface area contributed by atoms with Crippen molar-refractivity contribution in [1.29, 1.82) is 0 Å². The predicted octanol–water partition coefficient (Wildman–Crippen LogP) is -0.526. The maximum absolute atomic E-state index is 8.91. The molecule has 2 aliphatic rings. The van der Waals surface area contributed by atoms with E-state index in [0.29, 0.717) is 6.61 Å². The van der Waals surface area contributed by atoms with Crippen LogP contribution >= 0.6 is 0 Å². The largest absolute Gasteiger partial charge is 0.395 e. The second-order valence-electron chi connectivity index (χ2n) is 3.44. The summed E-state index contributed by atoms with van der Waals surface area (Å²) < 4.78 is 10.9. The van der Waals surface area contributed by atoms with Gasteiger partial charge in [0.1, 0.15) is 5.72 Å². The van der Waals surface area contributed by atoms with Gasteiger partial charge in [-0.05, 0) is 0 Å². The highest BCUT2D eigenvalue weighted by atomic mass is 16.5. The molecule has 4 heteroatoms. The Morgan fingerprint density at radius 1 is 1.42 bits per heavy atom. The van der Waals surface area contributed by atoms with Crippen LogP contribution in [0.4, 0.5) is 0 Å². The number of hydrogen-bond donors (Lipinski definition) is 2. The van der Waals surface area contributed by atoms with Gasteiger partial charge in [0.2, 0.25) is 0 Å². The summed E-state index contributed by atoms with van der Waals surface area (Å²) in [6, 6.07) is 0.114. The summed E-state index contributed by atoms with van der Waals surface area (Å²) in [5, 5.41) is 12.2. The third kappa shape index (κ3) is 1.47. The first-order chi connectivity index (χ1) is 5.85. The molecule has 0 aliphatic carbocycles. The van der Waals surface area contributed by atoms with Crippen molar-refractivity contribution in [1.82, 2.24) is 5.32 Å². The molecule has 1 spiro atoms. The Labute approximate surface area is 71.9 Å². The van der Waals surface area contributed by atoms with Gasteiger partial charge < -0.3 is 14.6 Å². The standard InChI is InChI=1S/C8H15NO3/c10-5-7-6-12-8(9-7)1-3-11-4-2-8/h7,9-10H,1-6H2. The molecule has 1 atom stereocenters. The van der Waals surface area contributed by atoms with E-state index >= 15 is 0 Å². The SMILES string of the molecule is OCC1COC2(CCOCC2)N1. The Morgan fingerprint density at radius 3 is 2.75 bits per heavy atom. The zero-order valence-corrected chi connectivity index (χ0v) is 7.08. The van der Waals surface area contributed by atoms with E-state index in [9.17, 15) is 0 Å². The van der Waals surface area contributed by atoms with Crippen LogP contribution in [0.1, 0.15) is 12.8 Å². The zero-order valence-electron chi connectivity index (χ0n) is 7.08. The normalized spacial score (nSPS) is 34.2. The molecule has 0 bridgehead atoms. The van der Waals surface area contributed by atoms with E-state index in [-0.39, 0.29) is 18.4 Å². The molecule has 1 unspecified atom stereocenters. The monoisotopic (exact) mass is 173 g/mol. The van der Waals surface area contributed by atoms with E-state index in [0.717, 1.165) is 26.1 Å². The van der Waals surface area contributed by atoms with Gasteiger partial charge in [-0.25, -0.2) is 0 Å². The summed E-state index contributed by atoms with van der Waals surface area (Å²) in [6.45, 7) is 2.29. The summed E-state index contributed by atoms with van der Waals surface area (Å²) in [5.74, 6) is 0. The fourth-order valence-electron chi connectivity index (χ4n) is 1.80. The van der Waals surface area contributed by atoms with E-state index in [1.807, 2.05) is 0 Å². The van der Waals surface area contributed by atoms with Gasteiger partial charge in [-0.15, -0.1) is 0 Å². The molecule has 2 aliphatic heterocycles. The maximum Gasteiger partial charge on any atom is 0.124 e. The Kier molecular flexibility index (Phi) is 2.32. The van der Waals surface area contributed by atoms with Crippen molar-refractivity contribution >= 4 is 0 Å². The number of rotatable bonds is 1. The Balaban J connectivity index is 1.94. The van der Waals surface area contributed by atoms with E-state index in [1.54, 1.807) is 0 Å². The van der Waals surface area contributed by atoms with Crippen molar-refractivity contribution in [2.75, 3.05) is 26.4 Å². The number of aliphatic hydroxyl groups excluding tert-OH is 1. The smallest absolute Gasteiger partial charge is 0.124 e. The molecule has 2 heterocycles.